The quantitative estimate of drug-likeness (QED) is 0.773. The van der Waals surface area contributed by atoms with Crippen molar-refractivity contribution in [1.29, 1.82) is 0 Å². The first kappa shape index (κ1) is 16.2. The van der Waals surface area contributed by atoms with Crippen LogP contribution in [0.25, 0.3) is 22.6 Å². The third-order valence-corrected chi connectivity index (χ3v) is 3.85. The molecule has 0 radical (unpaired) electrons. The van der Waals surface area contributed by atoms with Crippen LogP contribution in [0, 0.1) is 6.92 Å². The zero-order valence-electron chi connectivity index (χ0n) is 13.8. The van der Waals surface area contributed by atoms with E-state index in [2.05, 4.69) is 10.1 Å². The first-order valence-electron chi connectivity index (χ1n) is 7.72. The Balaban J connectivity index is 2.04. The van der Waals surface area contributed by atoms with Crippen LogP contribution in [-0.2, 0) is 0 Å². The van der Waals surface area contributed by atoms with Gasteiger partial charge in [-0.3, -0.25) is 4.79 Å². The van der Waals surface area contributed by atoms with E-state index in [0.29, 0.717) is 46.8 Å². The van der Waals surface area contributed by atoms with Crippen molar-refractivity contribution in [1.82, 2.24) is 15.0 Å². The van der Waals surface area contributed by atoms with Gasteiger partial charge in [0, 0.05) is 13.6 Å². The Morgan fingerprint density at radius 1 is 1.46 bits per heavy atom. The second-order valence-corrected chi connectivity index (χ2v) is 5.84. The fourth-order valence-electron chi connectivity index (χ4n) is 2.50. The number of aliphatic hydroxyl groups is 1. The number of fused-ring (bicyclic) bond motifs is 1. The van der Waals surface area contributed by atoms with E-state index in [9.17, 15) is 9.90 Å². The van der Waals surface area contributed by atoms with Gasteiger partial charge in [-0.15, -0.1) is 0 Å². The van der Waals surface area contributed by atoms with Gasteiger partial charge in [-0.1, -0.05) is 5.16 Å². The van der Waals surface area contributed by atoms with Crippen LogP contribution in [0.15, 0.2) is 33.4 Å². The first-order chi connectivity index (χ1) is 11.5. The molecule has 0 spiro atoms. The molecule has 0 bridgehead atoms. The molecule has 0 fully saturated rings. The van der Waals surface area contributed by atoms with Gasteiger partial charge < -0.3 is 18.9 Å². The summed E-state index contributed by atoms with van der Waals surface area (Å²) >= 11 is 0. The summed E-state index contributed by atoms with van der Waals surface area (Å²) < 4.78 is 10.6. The summed E-state index contributed by atoms with van der Waals surface area (Å²) in [4.78, 5) is 18.8. The van der Waals surface area contributed by atoms with Crippen molar-refractivity contribution in [2.75, 3.05) is 13.6 Å². The lowest BCUT2D eigenvalue weighted by atomic mass is 10.1. The summed E-state index contributed by atoms with van der Waals surface area (Å²) in [6.45, 7) is 3.91. The maximum Gasteiger partial charge on any atom is 0.259 e. The number of aryl methyl sites for hydroxylation is 1. The Kier molecular flexibility index (Phi) is 4.35. The lowest BCUT2D eigenvalue weighted by molar-refractivity contribution is 0.0770. The number of aliphatic hydroxyl groups excluding tert-OH is 1. The van der Waals surface area contributed by atoms with E-state index in [1.54, 1.807) is 50.3 Å². The molecule has 7 nitrogen and oxygen atoms in total. The van der Waals surface area contributed by atoms with Gasteiger partial charge in [0.1, 0.15) is 5.69 Å². The number of amides is 1. The minimum absolute atomic E-state index is 0.179. The Hall–Kier alpha value is -2.67. The van der Waals surface area contributed by atoms with E-state index in [0.717, 1.165) is 0 Å². The molecule has 0 aliphatic carbocycles. The molecule has 3 rings (SSSR count). The highest BCUT2D eigenvalue weighted by atomic mass is 16.5. The summed E-state index contributed by atoms with van der Waals surface area (Å²) in [6.07, 6.45) is 1.58. The Labute approximate surface area is 138 Å². The third kappa shape index (κ3) is 3.03. The number of furan rings is 1. The number of rotatable bonds is 5. The highest BCUT2D eigenvalue weighted by Crippen LogP contribution is 2.28. The molecular weight excluding hydrogens is 310 g/mol. The molecule has 3 heterocycles. The van der Waals surface area contributed by atoms with Crippen LogP contribution in [0.3, 0.4) is 0 Å². The van der Waals surface area contributed by atoms with Crippen LogP contribution in [0.5, 0.6) is 0 Å². The predicted octanol–water partition coefficient (Wildman–Crippen LogP) is 2.63. The lowest BCUT2D eigenvalue weighted by Crippen LogP contribution is -2.29. The summed E-state index contributed by atoms with van der Waals surface area (Å²) in [5.74, 6) is 0.369. The molecule has 0 saturated carbocycles. The minimum Gasteiger partial charge on any atom is -0.463 e. The minimum atomic E-state index is -0.464. The van der Waals surface area contributed by atoms with Crippen LogP contribution >= 0.6 is 0 Å². The highest BCUT2D eigenvalue weighted by Gasteiger charge is 2.22. The van der Waals surface area contributed by atoms with E-state index >= 15 is 0 Å². The van der Waals surface area contributed by atoms with Crippen LogP contribution in [0.4, 0.5) is 0 Å². The van der Waals surface area contributed by atoms with Crippen molar-refractivity contribution in [2.45, 2.75) is 26.4 Å². The van der Waals surface area contributed by atoms with Gasteiger partial charge in [0.2, 0.25) is 0 Å². The molecule has 1 unspecified atom stereocenters. The average Bonchev–Trinajstić information content (AvgIpc) is 3.21. The molecule has 1 N–H and O–H groups in total. The zero-order chi connectivity index (χ0) is 17.3. The summed E-state index contributed by atoms with van der Waals surface area (Å²) in [6, 6.07) is 5.21. The van der Waals surface area contributed by atoms with Gasteiger partial charge in [-0.2, -0.15) is 0 Å². The number of pyridine rings is 1. The number of aromatic nitrogens is 2. The lowest BCUT2D eigenvalue weighted by Gasteiger charge is -2.18. The first-order valence-corrected chi connectivity index (χ1v) is 7.72. The van der Waals surface area contributed by atoms with Crippen LogP contribution < -0.4 is 0 Å². The Morgan fingerprint density at radius 2 is 2.25 bits per heavy atom. The Morgan fingerprint density at radius 3 is 2.92 bits per heavy atom. The van der Waals surface area contributed by atoms with Crippen LogP contribution in [0.2, 0.25) is 0 Å². The molecule has 1 amide bonds. The smallest absolute Gasteiger partial charge is 0.259 e. The van der Waals surface area contributed by atoms with E-state index in [1.807, 2.05) is 0 Å². The predicted molar refractivity (Wildman–Crippen MR) is 87.5 cm³/mol. The molecule has 0 aromatic carbocycles. The molecule has 0 aliphatic rings. The third-order valence-electron chi connectivity index (χ3n) is 3.85. The SMILES string of the molecule is Cc1noc2nc(-c3ccco3)cc(C(=O)N(C)CCC(C)O)c12. The molecule has 24 heavy (non-hydrogen) atoms. The number of carbonyl (C=O) groups is 1. The molecule has 126 valence electrons. The van der Waals surface area contributed by atoms with Gasteiger partial charge in [0.15, 0.2) is 5.76 Å². The van der Waals surface area contributed by atoms with Crippen molar-refractivity contribution in [3.63, 3.8) is 0 Å². The number of hydrogen-bond donors (Lipinski definition) is 1. The maximum atomic E-state index is 12.9. The van der Waals surface area contributed by atoms with Crippen LogP contribution in [0.1, 0.15) is 29.4 Å². The van der Waals surface area contributed by atoms with Gasteiger partial charge in [0.05, 0.1) is 29.0 Å². The molecular formula is C17H19N3O4. The normalized spacial score (nSPS) is 12.5. The van der Waals surface area contributed by atoms with Gasteiger partial charge in [-0.25, -0.2) is 4.98 Å². The van der Waals surface area contributed by atoms with Gasteiger partial charge in [-0.05, 0) is 38.5 Å². The molecule has 0 saturated heterocycles. The zero-order valence-corrected chi connectivity index (χ0v) is 13.8. The molecule has 1 atom stereocenters. The van der Waals surface area contributed by atoms with E-state index in [-0.39, 0.29) is 5.91 Å². The fourth-order valence-corrected chi connectivity index (χ4v) is 2.50. The van der Waals surface area contributed by atoms with Crippen LogP contribution in [-0.4, -0.2) is 45.8 Å². The number of nitrogens with zero attached hydrogens (tertiary/aromatic N) is 3. The van der Waals surface area contributed by atoms with Crippen molar-refractivity contribution in [3.05, 3.63) is 35.7 Å². The standard InChI is InChI=1S/C17H19N3O4/c1-10(21)6-7-20(3)17(22)12-9-13(14-5-4-8-23-14)18-16-15(12)11(2)19-24-16/h4-5,8-10,21H,6-7H2,1-3H3. The maximum absolute atomic E-state index is 12.9. The van der Waals surface area contributed by atoms with Gasteiger partial charge in [0.25, 0.3) is 11.6 Å². The summed E-state index contributed by atoms with van der Waals surface area (Å²) in [5, 5.41) is 13.9. The average molecular weight is 329 g/mol. The molecule has 3 aromatic heterocycles. The highest BCUT2D eigenvalue weighted by molar-refractivity contribution is 6.06. The van der Waals surface area contributed by atoms with Crippen molar-refractivity contribution in [2.24, 2.45) is 0 Å². The van der Waals surface area contributed by atoms with Gasteiger partial charge >= 0.3 is 0 Å². The molecule has 3 aromatic rings. The number of hydrogen-bond acceptors (Lipinski definition) is 6. The van der Waals surface area contributed by atoms with E-state index in [1.165, 1.54) is 0 Å². The molecule has 7 heteroatoms. The van der Waals surface area contributed by atoms with Crippen molar-refractivity contribution in [3.8, 4) is 11.5 Å². The number of carbonyl (C=O) groups excluding carboxylic acids is 1. The van der Waals surface area contributed by atoms with Crippen molar-refractivity contribution >= 4 is 17.0 Å². The summed E-state index contributed by atoms with van der Waals surface area (Å²) in [7, 11) is 1.70. The second kappa shape index (κ2) is 6.45. The van der Waals surface area contributed by atoms with Crippen molar-refractivity contribution < 1.29 is 18.8 Å². The largest absolute Gasteiger partial charge is 0.463 e. The topological polar surface area (TPSA) is 92.6 Å². The fraction of sp³-hybridized carbons (Fsp3) is 0.353. The Bertz CT molecular complexity index is 852. The molecule has 0 aliphatic heterocycles. The van der Waals surface area contributed by atoms with E-state index in [4.69, 9.17) is 8.94 Å². The second-order valence-electron chi connectivity index (χ2n) is 5.84. The monoisotopic (exact) mass is 329 g/mol. The van der Waals surface area contributed by atoms with E-state index < -0.39 is 6.10 Å². The summed E-state index contributed by atoms with van der Waals surface area (Å²) in [5.41, 5.74) is 1.87.